The zero-order chi connectivity index (χ0) is 15.2. The van der Waals surface area contributed by atoms with Crippen LogP contribution in [0.5, 0.6) is 0 Å². The molecule has 0 aliphatic heterocycles. The highest BCUT2D eigenvalue weighted by Gasteiger charge is 2.33. The molecule has 0 fully saturated rings. The van der Waals surface area contributed by atoms with Crippen molar-refractivity contribution in [2.75, 3.05) is 6.61 Å². The maximum Gasteiger partial charge on any atom is 0.249 e. The van der Waals surface area contributed by atoms with Gasteiger partial charge in [-0.05, 0) is 25.3 Å². The maximum absolute atomic E-state index is 11.9. The summed E-state index contributed by atoms with van der Waals surface area (Å²) < 4.78 is 0. The Bertz CT molecular complexity index is 417. The lowest BCUT2D eigenvalue weighted by Gasteiger charge is -2.28. The van der Waals surface area contributed by atoms with Crippen LogP contribution in [0, 0.1) is 5.41 Å². The number of benzene rings is 1. The summed E-state index contributed by atoms with van der Waals surface area (Å²) in [6.07, 6.45) is 0.482. The summed E-state index contributed by atoms with van der Waals surface area (Å²) in [5.41, 5.74) is 0.397. The van der Waals surface area contributed by atoms with E-state index in [1.54, 1.807) is 13.8 Å². The summed E-state index contributed by atoms with van der Waals surface area (Å²) >= 11 is 0. The molecule has 1 rings (SSSR count). The highest BCUT2D eigenvalue weighted by atomic mass is 16.3. The minimum atomic E-state index is -1.20. The van der Waals surface area contributed by atoms with Gasteiger partial charge in [0.2, 0.25) is 5.91 Å². The summed E-state index contributed by atoms with van der Waals surface area (Å²) in [6, 6.07) is 10.0. The largest absolute Gasteiger partial charge is 0.396 e. The molecule has 3 N–H and O–H groups in total. The van der Waals surface area contributed by atoms with Crippen LogP contribution in [0.2, 0.25) is 0 Å². The van der Waals surface area contributed by atoms with Gasteiger partial charge < -0.3 is 15.5 Å². The van der Waals surface area contributed by atoms with Crippen molar-refractivity contribution in [3.63, 3.8) is 0 Å². The number of aliphatic hydroxyl groups excluding tert-OH is 2. The second-order valence-corrected chi connectivity index (χ2v) is 5.98. The van der Waals surface area contributed by atoms with Crippen LogP contribution in [0.15, 0.2) is 30.3 Å². The van der Waals surface area contributed by atoms with Crippen LogP contribution in [0.4, 0.5) is 0 Å². The standard InChI is InChI=1S/C16H25NO3/c1-12(9-10-13-7-5-4-6-8-13)17-15(20)14(19)16(2,3)11-18/h4-8,12,14,18-19H,9-11H2,1-3H3,(H,17,20)/t12?,14-/m0/s1. The van der Waals surface area contributed by atoms with E-state index in [-0.39, 0.29) is 12.6 Å². The SMILES string of the molecule is CC(CCc1ccccc1)NC(=O)[C@H](O)C(C)(C)CO. The van der Waals surface area contributed by atoms with Gasteiger partial charge in [-0.1, -0.05) is 44.2 Å². The molecule has 2 atom stereocenters. The molecule has 4 heteroatoms. The molecule has 0 aliphatic carbocycles. The molecule has 1 amide bonds. The van der Waals surface area contributed by atoms with Crippen molar-refractivity contribution >= 4 is 5.91 Å². The van der Waals surface area contributed by atoms with Crippen molar-refractivity contribution in [3.05, 3.63) is 35.9 Å². The fourth-order valence-electron chi connectivity index (χ4n) is 1.86. The number of hydrogen-bond acceptors (Lipinski definition) is 3. The van der Waals surface area contributed by atoms with E-state index in [2.05, 4.69) is 17.4 Å². The molecular formula is C16H25NO3. The Morgan fingerprint density at radius 2 is 1.90 bits per heavy atom. The molecule has 0 aromatic heterocycles. The summed E-state index contributed by atoms with van der Waals surface area (Å²) in [4.78, 5) is 11.9. The minimum Gasteiger partial charge on any atom is -0.396 e. The van der Waals surface area contributed by atoms with Gasteiger partial charge in [0.25, 0.3) is 0 Å². The lowest BCUT2D eigenvalue weighted by Crippen LogP contribution is -2.48. The van der Waals surface area contributed by atoms with E-state index < -0.39 is 17.4 Å². The second-order valence-electron chi connectivity index (χ2n) is 5.98. The molecule has 0 spiro atoms. The van der Waals surface area contributed by atoms with E-state index in [4.69, 9.17) is 5.11 Å². The van der Waals surface area contributed by atoms with Gasteiger partial charge in [-0.2, -0.15) is 0 Å². The maximum atomic E-state index is 11.9. The first-order valence-corrected chi connectivity index (χ1v) is 7.00. The van der Waals surface area contributed by atoms with Crippen molar-refractivity contribution in [2.45, 2.75) is 45.8 Å². The molecule has 0 bridgehead atoms. The first-order chi connectivity index (χ1) is 9.36. The summed E-state index contributed by atoms with van der Waals surface area (Å²) in [6.45, 7) is 5.00. The first-order valence-electron chi connectivity index (χ1n) is 7.00. The summed E-state index contributed by atoms with van der Waals surface area (Å²) in [7, 11) is 0. The van der Waals surface area contributed by atoms with Gasteiger partial charge in [-0.25, -0.2) is 0 Å². The van der Waals surface area contributed by atoms with Gasteiger partial charge in [-0.3, -0.25) is 4.79 Å². The predicted molar refractivity (Wildman–Crippen MR) is 79.2 cm³/mol. The molecule has 1 aromatic rings. The molecule has 20 heavy (non-hydrogen) atoms. The average Bonchev–Trinajstić information content (AvgIpc) is 2.45. The van der Waals surface area contributed by atoms with Crippen molar-refractivity contribution in [1.82, 2.24) is 5.32 Å². The minimum absolute atomic E-state index is 0.0214. The molecule has 0 saturated carbocycles. The van der Waals surface area contributed by atoms with Gasteiger partial charge in [0.05, 0.1) is 6.61 Å². The highest BCUT2D eigenvalue weighted by Crippen LogP contribution is 2.19. The van der Waals surface area contributed by atoms with Crippen LogP contribution >= 0.6 is 0 Å². The van der Waals surface area contributed by atoms with Gasteiger partial charge >= 0.3 is 0 Å². The molecule has 0 radical (unpaired) electrons. The lowest BCUT2D eigenvalue weighted by atomic mass is 9.87. The van der Waals surface area contributed by atoms with Gasteiger partial charge in [0.15, 0.2) is 0 Å². The Kier molecular flexibility index (Phi) is 6.17. The van der Waals surface area contributed by atoms with E-state index in [1.165, 1.54) is 5.56 Å². The Balaban J connectivity index is 2.42. The molecule has 0 heterocycles. The molecule has 0 saturated heterocycles. The van der Waals surface area contributed by atoms with Gasteiger partial charge in [0.1, 0.15) is 6.10 Å². The van der Waals surface area contributed by atoms with Crippen LogP contribution in [-0.4, -0.2) is 34.9 Å². The zero-order valence-corrected chi connectivity index (χ0v) is 12.5. The van der Waals surface area contributed by atoms with Crippen molar-refractivity contribution in [2.24, 2.45) is 5.41 Å². The summed E-state index contributed by atoms with van der Waals surface area (Å²) in [5.74, 6) is -0.426. The molecule has 4 nitrogen and oxygen atoms in total. The number of hydrogen-bond donors (Lipinski definition) is 3. The molecule has 1 aromatic carbocycles. The highest BCUT2D eigenvalue weighted by molar-refractivity contribution is 5.81. The van der Waals surface area contributed by atoms with Crippen LogP contribution in [0.3, 0.4) is 0 Å². The topological polar surface area (TPSA) is 69.6 Å². The number of aryl methyl sites for hydroxylation is 1. The van der Waals surface area contributed by atoms with Gasteiger partial charge in [0, 0.05) is 11.5 Å². The van der Waals surface area contributed by atoms with E-state index >= 15 is 0 Å². The third-order valence-corrected chi connectivity index (χ3v) is 3.49. The normalized spacial score (nSPS) is 14.7. The molecule has 0 aliphatic rings. The van der Waals surface area contributed by atoms with Crippen LogP contribution in [-0.2, 0) is 11.2 Å². The lowest BCUT2D eigenvalue weighted by molar-refractivity contribution is -0.137. The molecule has 1 unspecified atom stereocenters. The van der Waals surface area contributed by atoms with Crippen molar-refractivity contribution < 1.29 is 15.0 Å². The van der Waals surface area contributed by atoms with Gasteiger partial charge in [-0.15, -0.1) is 0 Å². The van der Waals surface area contributed by atoms with Crippen LogP contribution in [0.1, 0.15) is 32.8 Å². The zero-order valence-electron chi connectivity index (χ0n) is 12.5. The summed E-state index contributed by atoms with van der Waals surface area (Å²) in [5, 5.41) is 21.9. The Morgan fingerprint density at radius 1 is 1.30 bits per heavy atom. The second kappa shape index (κ2) is 7.41. The van der Waals surface area contributed by atoms with E-state index in [0.717, 1.165) is 12.8 Å². The van der Waals surface area contributed by atoms with E-state index in [1.807, 2.05) is 25.1 Å². The van der Waals surface area contributed by atoms with Crippen molar-refractivity contribution in [3.8, 4) is 0 Å². The number of aliphatic hydroxyl groups is 2. The molecular weight excluding hydrogens is 254 g/mol. The number of nitrogens with one attached hydrogen (secondary N) is 1. The third-order valence-electron chi connectivity index (χ3n) is 3.49. The first kappa shape index (κ1) is 16.7. The Labute approximate surface area is 120 Å². The third kappa shape index (κ3) is 4.94. The Morgan fingerprint density at radius 3 is 2.45 bits per heavy atom. The van der Waals surface area contributed by atoms with E-state index in [0.29, 0.717) is 0 Å². The van der Waals surface area contributed by atoms with Crippen LogP contribution < -0.4 is 5.32 Å². The average molecular weight is 279 g/mol. The van der Waals surface area contributed by atoms with Crippen LogP contribution in [0.25, 0.3) is 0 Å². The fraction of sp³-hybridized carbons (Fsp3) is 0.562. The number of carbonyl (C=O) groups excluding carboxylic acids is 1. The number of amides is 1. The fourth-order valence-corrected chi connectivity index (χ4v) is 1.86. The monoisotopic (exact) mass is 279 g/mol. The quantitative estimate of drug-likeness (QED) is 0.708. The van der Waals surface area contributed by atoms with Crippen molar-refractivity contribution in [1.29, 1.82) is 0 Å². The molecule has 112 valence electrons. The smallest absolute Gasteiger partial charge is 0.249 e. The number of rotatable bonds is 7. The number of carbonyl (C=O) groups is 1. The van der Waals surface area contributed by atoms with E-state index in [9.17, 15) is 9.90 Å². The Hall–Kier alpha value is -1.39. The predicted octanol–water partition coefficient (Wildman–Crippen LogP) is 1.50.